The second kappa shape index (κ2) is 7.29. The molecule has 0 aliphatic carbocycles. The first kappa shape index (κ1) is 14.0. The summed E-state index contributed by atoms with van der Waals surface area (Å²) in [6.45, 7) is 4.77. The smallest absolute Gasteiger partial charge is 0.223 e. The lowest BCUT2D eigenvalue weighted by atomic mass is 10.0. The number of amides is 1. The van der Waals surface area contributed by atoms with Crippen molar-refractivity contribution < 1.29 is 4.79 Å². The van der Waals surface area contributed by atoms with E-state index in [0.29, 0.717) is 25.4 Å². The molecule has 1 aliphatic rings. The fourth-order valence-corrected chi connectivity index (χ4v) is 2.26. The van der Waals surface area contributed by atoms with Crippen LogP contribution in [0.25, 0.3) is 0 Å². The van der Waals surface area contributed by atoms with Crippen LogP contribution >= 0.6 is 0 Å². The minimum absolute atomic E-state index is 0.151. The lowest BCUT2D eigenvalue weighted by molar-refractivity contribution is -0.130. The average Bonchev–Trinajstić information content (AvgIpc) is 2.34. The maximum Gasteiger partial charge on any atom is 0.223 e. The van der Waals surface area contributed by atoms with E-state index < -0.39 is 0 Å². The molecule has 1 unspecified atom stereocenters. The number of carbonyl (C=O) groups excluding carboxylic acids is 1. The van der Waals surface area contributed by atoms with Crippen LogP contribution in [0, 0.1) is 11.3 Å². The van der Waals surface area contributed by atoms with Crippen molar-refractivity contribution in [3.63, 3.8) is 0 Å². The van der Waals surface area contributed by atoms with Crippen LogP contribution < -0.4 is 0 Å². The normalized spacial score (nSPS) is 20.9. The number of likely N-dealkylation sites (tertiary alicyclic amines) is 1. The van der Waals surface area contributed by atoms with E-state index in [9.17, 15) is 4.79 Å². The lowest BCUT2D eigenvalue weighted by Crippen LogP contribution is -2.40. The minimum atomic E-state index is 0.151. The summed E-state index contributed by atoms with van der Waals surface area (Å²) >= 11 is 0. The van der Waals surface area contributed by atoms with Gasteiger partial charge in [-0.1, -0.05) is 6.42 Å². The van der Waals surface area contributed by atoms with Crippen molar-refractivity contribution in [3.05, 3.63) is 0 Å². The van der Waals surface area contributed by atoms with Crippen molar-refractivity contribution in [2.75, 3.05) is 26.7 Å². The topological polar surface area (TPSA) is 47.3 Å². The molecule has 96 valence electrons. The highest BCUT2D eigenvalue weighted by Crippen LogP contribution is 2.16. The van der Waals surface area contributed by atoms with Gasteiger partial charge in [0.25, 0.3) is 0 Å². The molecule has 1 fully saturated rings. The molecule has 4 nitrogen and oxygen atoms in total. The lowest BCUT2D eigenvalue weighted by Gasteiger charge is -2.33. The summed E-state index contributed by atoms with van der Waals surface area (Å²) < 4.78 is 0. The SMILES string of the molecule is CC1CCCCN1CCC(=O)N(C)CCC#N. The molecule has 1 saturated heterocycles. The number of nitrogens with zero attached hydrogens (tertiary/aromatic N) is 3. The van der Waals surface area contributed by atoms with Gasteiger partial charge < -0.3 is 9.80 Å². The van der Waals surface area contributed by atoms with E-state index in [1.54, 1.807) is 11.9 Å². The Morgan fingerprint density at radius 3 is 2.94 bits per heavy atom. The van der Waals surface area contributed by atoms with E-state index in [2.05, 4.69) is 17.9 Å². The molecule has 0 aromatic rings. The van der Waals surface area contributed by atoms with Crippen LogP contribution in [0.15, 0.2) is 0 Å². The van der Waals surface area contributed by atoms with Crippen molar-refractivity contribution >= 4 is 5.91 Å². The Bertz CT molecular complexity index is 285. The quantitative estimate of drug-likeness (QED) is 0.730. The monoisotopic (exact) mass is 237 g/mol. The number of rotatable bonds is 5. The number of piperidine rings is 1. The van der Waals surface area contributed by atoms with Crippen LogP contribution in [0.2, 0.25) is 0 Å². The van der Waals surface area contributed by atoms with Crippen LogP contribution in [0.4, 0.5) is 0 Å². The highest BCUT2D eigenvalue weighted by atomic mass is 16.2. The Morgan fingerprint density at radius 2 is 2.29 bits per heavy atom. The van der Waals surface area contributed by atoms with E-state index in [0.717, 1.165) is 13.1 Å². The van der Waals surface area contributed by atoms with Crippen molar-refractivity contribution in [1.29, 1.82) is 5.26 Å². The standard InChI is InChI=1S/C13H23N3O/c1-12-6-3-4-10-16(12)11-7-13(17)15(2)9-5-8-14/h12H,3-7,9-11H2,1-2H3. The second-order valence-electron chi connectivity index (χ2n) is 4.85. The van der Waals surface area contributed by atoms with Gasteiger partial charge in [0, 0.05) is 32.6 Å². The minimum Gasteiger partial charge on any atom is -0.345 e. The molecule has 0 saturated carbocycles. The third kappa shape index (κ3) is 4.74. The van der Waals surface area contributed by atoms with Gasteiger partial charge in [0.05, 0.1) is 12.5 Å². The van der Waals surface area contributed by atoms with Crippen LogP contribution in [-0.2, 0) is 4.79 Å². The largest absolute Gasteiger partial charge is 0.345 e. The molecule has 1 rings (SSSR count). The molecule has 1 amide bonds. The highest BCUT2D eigenvalue weighted by Gasteiger charge is 2.19. The summed E-state index contributed by atoms with van der Waals surface area (Å²) in [5, 5.41) is 8.47. The molecule has 4 heteroatoms. The van der Waals surface area contributed by atoms with Crippen LogP contribution in [0.1, 0.15) is 39.0 Å². The van der Waals surface area contributed by atoms with Gasteiger partial charge in [0.2, 0.25) is 5.91 Å². The molecule has 1 atom stereocenters. The Labute approximate surface area is 104 Å². The second-order valence-corrected chi connectivity index (χ2v) is 4.85. The van der Waals surface area contributed by atoms with Gasteiger partial charge in [-0.15, -0.1) is 0 Å². The molecule has 0 radical (unpaired) electrons. The zero-order valence-corrected chi connectivity index (χ0v) is 11.0. The van der Waals surface area contributed by atoms with E-state index in [1.165, 1.54) is 19.3 Å². The summed E-state index contributed by atoms with van der Waals surface area (Å²) in [5.41, 5.74) is 0. The Hall–Kier alpha value is -1.08. The van der Waals surface area contributed by atoms with E-state index in [4.69, 9.17) is 5.26 Å². The van der Waals surface area contributed by atoms with Crippen LogP contribution in [0.5, 0.6) is 0 Å². The summed E-state index contributed by atoms with van der Waals surface area (Å²) in [5.74, 6) is 0.151. The maximum absolute atomic E-state index is 11.8. The predicted octanol–water partition coefficient (Wildman–Crippen LogP) is 1.62. The first-order valence-electron chi connectivity index (χ1n) is 6.50. The molecule has 0 bridgehead atoms. The molecule has 0 N–H and O–H groups in total. The van der Waals surface area contributed by atoms with Gasteiger partial charge in [0.15, 0.2) is 0 Å². The summed E-state index contributed by atoms with van der Waals surface area (Å²) in [4.78, 5) is 15.9. The molecule has 17 heavy (non-hydrogen) atoms. The van der Waals surface area contributed by atoms with Gasteiger partial charge >= 0.3 is 0 Å². The predicted molar refractivity (Wildman–Crippen MR) is 67.4 cm³/mol. The van der Waals surface area contributed by atoms with Crippen LogP contribution in [-0.4, -0.2) is 48.4 Å². The number of nitriles is 1. The average molecular weight is 237 g/mol. The molecular formula is C13H23N3O. The Morgan fingerprint density at radius 1 is 1.53 bits per heavy atom. The summed E-state index contributed by atoms with van der Waals surface area (Å²) in [7, 11) is 1.78. The third-order valence-corrected chi connectivity index (χ3v) is 3.54. The van der Waals surface area contributed by atoms with Gasteiger partial charge in [-0.05, 0) is 26.3 Å². The van der Waals surface area contributed by atoms with Crippen molar-refractivity contribution in [2.24, 2.45) is 0 Å². The van der Waals surface area contributed by atoms with E-state index in [1.807, 2.05) is 0 Å². The fraction of sp³-hybridized carbons (Fsp3) is 0.846. The number of hydrogen-bond acceptors (Lipinski definition) is 3. The first-order valence-corrected chi connectivity index (χ1v) is 6.50. The molecular weight excluding hydrogens is 214 g/mol. The summed E-state index contributed by atoms with van der Waals surface area (Å²) in [6, 6.07) is 2.67. The third-order valence-electron chi connectivity index (χ3n) is 3.54. The van der Waals surface area contributed by atoms with Gasteiger partial charge in [0.1, 0.15) is 0 Å². The molecule has 0 aromatic carbocycles. The fourth-order valence-electron chi connectivity index (χ4n) is 2.26. The first-order chi connectivity index (χ1) is 8.15. The molecule has 1 aliphatic heterocycles. The zero-order valence-electron chi connectivity index (χ0n) is 11.0. The maximum atomic E-state index is 11.8. The molecule has 0 spiro atoms. The van der Waals surface area contributed by atoms with Gasteiger partial charge in [-0.25, -0.2) is 0 Å². The van der Waals surface area contributed by atoms with Crippen molar-refractivity contribution in [2.45, 2.75) is 45.1 Å². The highest BCUT2D eigenvalue weighted by molar-refractivity contribution is 5.76. The van der Waals surface area contributed by atoms with Crippen molar-refractivity contribution in [1.82, 2.24) is 9.80 Å². The Kier molecular flexibility index (Phi) is 5.99. The van der Waals surface area contributed by atoms with E-state index in [-0.39, 0.29) is 5.91 Å². The Balaban J connectivity index is 2.24. The van der Waals surface area contributed by atoms with Gasteiger partial charge in [-0.3, -0.25) is 4.79 Å². The molecule has 0 aromatic heterocycles. The van der Waals surface area contributed by atoms with Gasteiger partial charge in [-0.2, -0.15) is 5.26 Å². The van der Waals surface area contributed by atoms with Crippen LogP contribution in [0.3, 0.4) is 0 Å². The van der Waals surface area contributed by atoms with Crippen molar-refractivity contribution in [3.8, 4) is 6.07 Å². The number of hydrogen-bond donors (Lipinski definition) is 0. The zero-order chi connectivity index (χ0) is 12.7. The molecule has 1 heterocycles. The summed E-state index contributed by atoms with van der Waals surface area (Å²) in [6.07, 6.45) is 4.81. The number of carbonyl (C=O) groups is 1. The van der Waals surface area contributed by atoms with E-state index >= 15 is 0 Å².